The lowest BCUT2D eigenvalue weighted by Crippen LogP contribution is -2.40. The van der Waals surface area contributed by atoms with Crippen molar-refractivity contribution >= 4 is 43.4 Å². The molecule has 0 radical (unpaired) electrons. The number of fused-ring (bicyclic) bond motifs is 1. The SMILES string of the molecule is Cc1sc(NC(=O)Cc2cccc(S(=O)(=O)N3CCOCC3)c2)nc1-c1c[nH]c2ncccc12. The van der Waals surface area contributed by atoms with Crippen LogP contribution in [-0.4, -0.2) is 59.9 Å². The molecule has 0 bridgehead atoms. The highest BCUT2D eigenvalue weighted by Crippen LogP contribution is 2.34. The lowest BCUT2D eigenvalue weighted by atomic mass is 10.1. The number of sulfonamides is 1. The molecule has 1 saturated heterocycles. The van der Waals surface area contributed by atoms with E-state index in [1.165, 1.54) is 15.6 Å². The van der Waals surface area contributed by atoms with Gasteiger partial charge in [0, 0.05) is 41.3 Å². The zero-order valence-electron chi connectivity index (χ0n) is 18.4. The smallest absolute Gasteiger partial charge is 0.243 e. The maximum atomic E-state index is 12.9. The number of ether oxygens (including phenoxy) is 1. The summed E-state index contributed by atoms with van der Waals surface area (Å²) in [6, 6.07) is 10.4. The molecule has 0 spiro atoms. The Balaban J connectivity index is 1.31. The fraction of sp³-hybridized carbons (Fsp3) is 0.261. The third-order valence-corrected chi connectivity index (χ3v) is 8.40. The first kappa shape index (κ1) is 22.7. The van der Waals surface area contributed by atoms with E-state index in [1.54, 1.807) is 30.5 Å². The van der Waals surface area contributed by atoms with E-state index in [0.717, 1.165) is 27.2 Å². The Bertz CT molecular complexity index is 1460. The van der Waals surface area contributed by atoms with E-state index in [1.807, 2.05) is 25.3 Å². The molecule has 0 aliphatic carbocycles. The molecular formula is C23H23N5O4S2. The highest BCUT2D eigenvalue weighted by atomic mass is 32.2. The van der Waals surface area contributed by atoms with E-state index < -0.39 is 10.0 Å². The van der Waals surface area contributed by atoms with Crippen molar-refractivity contribution in [1.82, 2.24) is 19.3 Å². The summed E-state index contributed by atoms with van der Waals surface area (Å²) in [7, 11) is -3.62. The van der Waals surface area contributed by atoms with E-state index in [0.29, 0.717) is 37.0 Å². The third-order valence-electron chi connectivity index (χ3n) is 5.62. The van der Waals surface area contributed by atoms with Gasteiger partial charge in [0.1, 0.15) is 5.65 Å². The number of morpholine rings is 1. The summed E-state index contributed by atoms with van der Waals surface area (Å²) in [5, 5.41) is 4.31. The maximum Gasteiger partial charge on any atom is 0.243 e. The number of nitrogens with zero attached hydrogens (tertiary/aromatic N) is 3. The number of anilines is 1. The Labute approximate surface area is 200 Å². The lowest BCUT2D eigenvalue weighted by molar-refractivity contribution is -0.115. The van der Waals surface area contributed by atoms with E-state index >= 15 is 0 Å². The van der Waals surface area contributed by atoms with Crippen molar-refractivity contribution < 1.29 is 17.9 Å². The van der Waals surface area contributed by atoms with Gasteiger partial charge in [-0.05, 0) is 36.8 Å². The van der Waals surface area contributed by atoms with Gasteiger partial charge in [-0.3, -0.25) is 4.79 Å². The molecule has 176 valence electrons. The Hall–Kier alpha value is -3.12. The van der Waals surface area contributed by atoms with Crippen LogP contribution in [0.5, 0.6) is 0 Å². The molecule has 3 aromatic heterocycles. The summed E-state index contributed by atoms with van der Waals surface area (Å²) in [5.41, 5.74) is 3.11. The molecule has 1 amide bonds. The molecule has 1 aromatic carbocycles. The van der Waals surface area contributed by atoms with E-state index in [9.17, 15) is 13.2 Å². The second-order valence-electron chi connectivity index (χ2n) is 7.91. The molecule has 2 N–H and O–H groups in total. The molecule has 0 atom stereocenters. The molecule has 4 heterocycles. The third kappa shape index (κ3) is 4.47. The van der Waals surface area contributed by atoms with Crippen LogP contribution in [0.2, 0.25) is 0 Å². The van der Waals surface area contributed by atoms with Crippen LogP contribution in [0.25, 0.3) is 22.3 Å². The number of hydrogen-bond acceptors (Lipinski definition) is 7. The quantitative estimate of drug-likeness (QED) is 0.423. The minimum Gasteiger partial charge on any atom is -0.379 e. The number of nitrogens with one attached hydrogen (secondary N) is 2. The number of aromatic nitrogens is 3. The monoisotopic (exact) mass is 497 g/mol. The summed E-state index contributed by atoms with van der Waals surface area (Å²) in [6.45, 7) is 3.37. The van der Waals surface area contributed by atoms with Crippen molar-refractivity contribution in [2.45, 2.75) is 18.2 Å². The molecule has 1 fully saturated rings. The van der Waals surface area contributed by atoms with Gasteiger partial charge in [0.15, 0.2) is 5.13 Å². The van der Waals surface area contributed by atoms with Gasteiger partial charge in [-0.1, -0.05) is 12.1 Å². The largest absolute Gasteiger partial charge is 0.379 e. The first-order valence-electron chi connectivity index (χ1n) is 10.8. The summed E-state index contributed by atoms with van der Waals surface area (Å²) in [6.07, 6.45) is 3.63. The molecule has 11 heteroatoms. The number of benzene rings is 1. The number of amides is 1. The van der Waals surface area contributed by atoms with Crippen molar-refractivity contribution in [1.29, 1.82) is 0 Å². The molecule has 0 saturated carbocycles. The average molecular weight is 498 g/mol. The van der Waals surface area contributed by atoms with Crippen LogP contribution >= 0.6 is 11.3 Å². The Morgan fingerprint density at radius 1 is 1.24 bits per heavy atom. The van der Waals surface area contributed by atoms with Gasteiger partial charge in [0.05, 0.1) is 30.2 Å². The Morgan fingerprint density at radius 2 is 2.06 bits per heavy atom. The molecule has 34 heavy (non-hydrogen) atoms. The number of H-pyrrole nitrogens is 1. The zero-order chi connectivity index (χ0) is 23.7. The zero-order valence-corrected chi connectivity index (χ0v) is 20.1. The van der Waals surface area contributed by atoms with Crippen LogP contribution in [0.15, 0.2) is 53.7 Å². The summed E-state index contributed by atoms with van der Waals surface area (Å²) in [5.74, 6) is -0.262. The predicted molar refractivity (Wildman–Crippen MR) is 130 cm³/mol. The van der Waals surface area contributed by atoms with E-state index in [2.05, 4.69) is 20.3 Å². The van der Waals surface area contributed by atoms with Crippen LogP contribution in [-0.2, 0) is 26.0 Å². The molecule has 9 nitrogen and oxygen atoms in total. The van der Waals surface area contributed by atoms with Crippen LogP contribution in [0, 0.1) is 6.92 Å². The predicted octanol–water partition coefficient (Wildman–Crippen LogP) is 3.20. The van der Waals surface area contributed by atoms with Crippen LogP contribution in [0.4, 0.5) is 5.13 Å². The second-order valence-corrected chi connectivity index (χ2v) is 11.1. The van der Waals surface area contributed by atoms with Gasteiger partial charge in [-0.15, -0.1) is 11.3 Å². The van der Waals surface area contributed by atoms with E-state index in [-0.39, 0.29) is 17.2 Å². The number of hydrogen-bond donors (Lipinski definition) is 2. The fourth-order valence-corrected chi connectivity index (χ4v) is 6.28. The molecule has 1 aliphatic rings. The van der Waals surface area contributed by atoms with Crippen molar-refractivity contribution in [2.24, 2.45) is 0 Å². The van der Waals surface area contributed by atoms with Crippen molar-refractivity contribution in [3.05, 3.63) is 59.2 Å². The van der Waals surface area contributed by atoms with Gasteiger partial charge in [-0.25, -0.2) is 18.4 Å². The molecule has 0 unspecified atom stereocenters. The number of pyridine rings is 1. The number of thiazole rings is 1. The van der Waals surface area contributed by atoms with Crippen LogP contribution < -0.4 is 5.32 Å². The second kappa shape index (κ2) is 9.26. The summed E-state index contributed by atoms with van der Waals surface area (Å²) < 4.78 is 32.5. The lowest BCUT2D eigenvalue weighted by Gasteiger charge is -2.26. The van der Waals surface area contributed by atoms with Crippen molar-refractivity contribution in [2.75, 3.05) is 31.6 Å². The number of carbonyl (C=O) groups excluding carboxylic acids is 1. The number of aromatic amines is 1. The van der Waals surface area contributed by atoms with Gasteiger partial charge in [-0.2, -0.15) is 4.31 Å². The normalized spacial score (nSPS) is 15.0. The topological polar surface area (TPSA) is 117 Å². The minimum absolute atomic E-state index is 0.0391. The van der Waals surface area contributed by atoms with Crippen LogP contribution in [0.1, 0.15) is 10.4 Å². The minimum atomic E-state index is -3.62. The van der Waals surface area contributed by atoms with Gasteiger partial charge >= 0.3 is 0 Å². The first-order valence-corrected chi connectivity index (χ1v) is 13.0. The van der Waals surface area contributed by atoms with Gasteiger partial charge in [0.25, 0.3) is 0 Å². The highest BCUT2D eigenvalue weighted by Gasteiger charge is 2.26. The average Bonchev–Trinajstić information content (AvgIpc) is 3.42. The molecular weight excluding hydrogens is 474 g/mol. The molecule has 5 rings (SSSR count). The fourth-order valence-electron chi connectivity index (χ4n) is 3.95. The maximum absolute atomic E-state index is 12.9. The van der Waals surface area contributed by atoms with Crippen molar-refractivity contribution in [3.63, 3.8) is 0 Å². The number of carbonyl (C=O) groups is 1. The first-order chi connectivity index (χ1) is 16.4. The molecule has 1 aliphatic heterocycles. The summed E-state index contributed by atoms with van der Waals surface area (Å²) in [4.78, 5) is 26.0. The summed E-state index contributed by atoms with van der Waals surface area (Å²) >= 11 is 1.39. The number of rotatable bonds is 6. The highest BCUT2D eigenvalue weighted by molar-refractivity contribution is 7.89. The molecule has 4 aromatic rings. The Morgan fingerprint density at radius 3 is 2.88 bits per heavy atom. The number of aryl methyl sites for hydroxylation is 1. The standard InChI is InChI=1S/C23H23N5O4S2/c1-15-21(19-14-25-22-18(19)6-3-7-24-22)27-23(33-15)26-20(29)13-16-4-2-5-17(12-16)34(30,31)28-8-10-32-11-9-28/h2-7,12,14H,8-11,13H2,1H3,(H,24,25)(H,26,27,29). The van der Waals surface area contributed by atoms with Crippen molar-refractivity contribution in [3.8, 4) is 11.3 Å². The van der Waals surface area contributed by atoms with Crippen LogP contribution in [0.3, 0.4) is 0 Å². The van der Waals surface area contributed by atoms with Gasteiger partial charge < -0.3 is 15.0 Å². The van der Waals surface area contributed by atoms with E-state index in [4.69, 9.17) is 4.74 Å². The van der Waals surface area contributed by atoms with Gasteiger partial charge in [0.2, 0.25) is 15.9 Å². The Kier molecular flexibility index (Phi) is 6.17.